The first-order valence-electron chi connectivity index (χ1n) is 8.08. The van der Waals surface area contributed by atoms with E-state index in [-0.39, 0.29) is 31.2 Å². The van der Waals surface area contributed by atoms with E-state index >= 15 is 0 Å². The van der Waals surface area contributed by atoms with Crippen molar-refractivity contribution in [3.63, 3.8) is 0 Å². The van der Waals surface area contributed by atoms with Crippen LogP contribution in [0.25, 0.3) is 0 Å². The van der Waals surface area contributed by atoms with Gasteiger partial charge in [-0.05, 0) is 34.1 Å². The van der Waals surface area contributed by atoms with Crippen LogP contribution in [0.15, 0.2) is 0 Å². The van der Waals surface area contributed by atoms with Gasteiger partial charge < -0.3 is 25.0 Å². The van der Waals surface area contributed by atoms with Crippen LogP contribution in [0.4, 0.5) is 4.79 Å². The summed E-state index contributed by atoms with van der Waals surface area (Å²) in [6.45, 7) is 7.27. The molecule has 3 amide bonds. The van der Waals surface area contributed by atoms with Crippen molar-refractivity contribution in [1.29, 1.82) is 0 Å². The molecule has 0 aliphatic rings. The molecule has 0 saturated carbocycles. The molecule has 0 aliphatic carbocycles. The second kappa shape index (κ2) is 10.5. The number of nitrogens with zero attached hydrogens (tertiary/aromatic N) is 1. The Kier molecular flexibility index (Phi) is 9.55. The number of ether oxygens (including phenoxy) is 2. The standard InChI is InChI=1S/C16H29N3O6/c1-7-17-12(20)10-19(5)13(21)9-8-11(14(22)24-6)18-15(23)25-16(2,3)4/h11H,7-10H2,1-6H3,(H,17,20)(H,18,23)/t11-/m0/s1. The number of methoxy groups -OCH3 is 1. The van der Waals surface area contributed by atoms with E-state index in [1.165, 1.54) is 19.1 Å². The van der Waals surface area contributed by atoms with Crippen LogP contribution >= 0.6 is 0 Å². The van der Waals surface area contributed by atoms with E-state index in [0.29, 0.717) is 6.54 Å². The maximum Gasteiger partial charge on any atom is 0.408 e. The van der Waals surface area contributed by atoms with Gasteiger partial charge in [-0.3, -0.25) is 9.59 Å². The van der Waals surface area contributed by atoms with Gasteiger partial charge in [0.25, 0.3) is 0 Å². The highest BCUT2D eigenvalue weighted by Crippen LogP contribution is 2.09. The van der Waals surface area contributed by atoms with E-state index in [1.807, 2.05) is 0 Å². The zero-order valence-corrected chi connectivity index (χ0v) is 15.8. The predicted molar refractivity (Wildman–Crippen MR) is 90.7 cm³/mol. The van der Waals surface area contributed by atoms with E-state index < -0.39 is 23.7 Å². The molecule has 9 nitrogen and oxygen atoms in total. The average Bonchev–Trinajstić information content (AvgIpc) is 2.48. The van der Waals surface area contributed by atoms with Crippen LogP contribution in [-0.2, 0) is 23.9 Å². The van der Waals surface area contributed by atoms with Crippen molar-refractivity contribution in [3.05, 3.63) is 0 Å². The molecule has 0 aromatic rings. The molecule has 0 saturated heterocycles. The van der Waals surface area contributed by atoms with Gasteiger partial charge >= 0.3 is 12.1 Å². The summed E-state index contributed by atoms with van der Waals surface area (Å²) in [5.74, 6) is -1.27. The summed E-state index contributed by atoms with van der Waals surface area (Å²) in [6, 6.07) is -1.01. The third kappa shape index (κ3) is 10.2. The summed E-state index contributed by atoms with van der Waals surface area (Å²) in [5, 5.41) is 4.98. The summed E-state index contributed by atoms with van der Waals surface area (Å²) in [6.07, 6.45) is -0.776. The highest BCUT2D eigenvalue weighted by Gasteiger charge is 2.26. The monoisotopic (exact) mass is 359 g/mol. The maximum absolute atomic E-state index is 12.1. The van der Waals surface area contributed by atoms with Crippen LogP contribution in [0.2, 0.25) is 0 Å². The second-order valence-corrected chi connectivity index (χ2v) is 6.46. The van der Waals surface area contributed by atoms with Crippen molar-refractivity contribution < 1.29 is 28.7 Å². The van der Waals surface area contributed by atoms with Crippen LogP contribution in [0.5, 0.6) is 0 Å². The molecule has 0 fully saturated rings. The summed E-state index contributed by atoms with van der Waals surface area (Å²) < 4.78 is 9.72. The summed E-state index contributed by atoms with van der Waals surface area (Å²) in [7, 11) is 2.68. The van der Waals surface area contributed by atoms with Gasteiger partial charge in [-0.1, -0.05) is 0 Å². The van der Waals surface area contributed by atoms with E-state index in [1.54, 1.807) is 27.7 Å². The second-order valence-electron chi connectivity index (χ2n) is 6.46. The van der Waals surface area contributed by atoms with Crippen molar-refractivity contribution in [3.8, 4) is 0 Å². The van der Waals surface area contributed by atoms with Gasteiger partial charge in [-0.2, -0.15) is 0 Å². The number of nitrogens with one attached hydrogen (secondary N) is 2. The number of carbonyl (C=O) groups excluding carboxylic acids is 4. The molecular formula is C16H29N3O6. The van der Waals surface area contributed by atoms with E-state index in [0.717, 1.165) is 0 Å². The molecule has 9 heteroatoms. The third-order valence-electron chi connectivity index (χ3n) is 3.00. The number of hydrogen-bond donors (Lipinski definition) is 2. The van der Waals surface area contributed by atoms with E-state index in [4.69, 9.17) is 4.74 Å². The van der Waals surface area contributed by atoms with Gasteiger partial charge in [-0.25, -0.2) is 9.59 Å². The fourth-order valence-electron chi connectivity index (χ4n) is 1.86. The van der Waals surface area contributed by atoms with Crippen LogP contribution in [0, 0.1) is 0 Å². The summed E-state index contributed by atoms with van der Waals surface area (Å²) in [4.78, 5) is 48.4. The Bertz CT molecular complexity index is 487. The molecule has 0 rings (SSSR count). The molecule has 0 bridgehead atoms. The Morgan fingerprint density at radius 1 is 1.16 bits per heavy atom. The van der Waals surface area contributed by atoms with Gasteiger partial charge in [-0.15, -0.1) is 0 Å². The van der Waals surface area contributed by atoms with Crippen molar-refractivity contribution in [1.82, 2.24) is 15.5 Å². The number of esters is 1. The molecule has 0 aromatic carbocycles. The highest BCUT2D eigenvalue weighted by atomic mass is 16.6. The first-order chi connectivity index (χ1) is 11.5. The average molecular weight is 359 g/mol. The Morgan fingerprint density at radius 2 is 1.76 bits per heavy atom. The fourth-order valence-corrected chi connectivity index (χ4v) is 1.86. The van der Waals surface area contributed by atoms with Gasteiger partial charge in [0.1, 0.15) is 11.6 Å². The lowest BCUT2D eigenvalue weighted by atomic mass is 10.1. The van der Waals surface area contributed by atoms with Crippen molar-refractivity contribution in [2.45, 2.75) is 52.2 Å². The topological polar surface area (TPSA) is 114 Å². The summed E-state index contributed by atoms with van der Waals surface area (Å²) in [5.41, 5.74) is -0.715. The Balaban J connectivity index is 4.62. The number of hydrogen-bond acceptors (Lipinski definition) is 6. The molecular weight excluding hydrogens is 330 g/mol. The molecule has 0 heterocycles. The molecule has 0 aliphatic heterocycles. The number of rotatable bonds is 8. The maximum atomic E-state index is 12.1. The van der Waals surface area contributed by atoms with Crippen molar-refractivity contribution in [2.24, 2.45) is 0 Å². The molecule has 2 N–H and O–H groups in total. The minimum atomic E-state index is -1.01. The molecule has 25 heavy (non-hydrogen) atoms. The van der Waals surface area contributed by atoms with Crippen LogP contribution in [0.1, 0.15) is 40.5 Å². The lowest BCUT2D eigenvalue weighted by Gasteiger charge is -2.23. The van der Waals surface area contributed by atoms with Crippen molar-refractivity contribution in [2.75, 3.05) is 27.2 Å². The number of amides is 3. The molecule has 1 atom stereocenters. The van der Waals surface area contributed by atoms with Gasteiger partial charge in [0.05, 0.1) is 13.7 Å². The number of likely N-dealkylation sites (N-methyl/N-ethyl adjacent to an activating group) is 2. The zero-order valence-electron chi connectivity index (χ0n) is 15.8. The third-order valence-corrected chi connectivity index (χ3v) is 3.00. The first kappa shape index (κ1) is 22.7. The quantitative estimate of drug-likeness (QED) is 0.608. The first-order valence-corrected chi connectivity index (χ1v) is 8.08. The molecule has 144 valence electrons. The Morgan fingerprint density at radius 3 is 2.24 bits per heavy atom. The molecule has 0 radical (unpaired) electrons. The number of carbonyl (C=O) groups is 4. The minimum Gasteiger partial charge on any atom is -0.467 e. The van der Waals surface area contributed by atoms with Gasteiger partial charge in [0, 0.05) is 20.0 Å². The minimum absolute atomic E-state index is 0.0322. The zero-order chi connectivity index (χ0) is 19.6. The molecule has 0 unspecified atom stereocenters. The van der Waals surface area contributed by atoms with E-state index in [2.05, 4.69) is 15.4 Å². The highest BCUT2D eigenvalue weighted by molar-refractivity contribution is 5.85. The normalized spacial score (nSPS) is 11.9. The smallest absolute Gasteiger partial charge is 0.408 e. The van der Waals surface area contributed by atoms with Gasteiger partial charge in [0.15, 0.2) is 0 Å². The van der Waals surface area contributed by atoms with Crippen LogP contribution < -0.4 is 10.6 Å². The predicted octanol–water partition coefficient (Wildman–Crippen LogP) is 0.427. The SMILES string of the molecule is CCNC(=O)CN(C)C(=O)CC[C@H](NC(=O)OC(C)(C)C)C(=O)OC. The molecule has 0 spiro atoms. The number of alkyl carbamates (subject to hydrolysis) is 1. The van der Waals surface area contributed by atoms with Crippen molar-refractivity contribution >= 4 is 23.9 Å². The van der Waals surface area contributed by atoms with Crippen LogP contribution in [0.3, 0.4) is 0 Å². The lowest BCUT2D eigenvalue weighted by Crippen LogP contribution is -2.45. The molecule has 0 aromatic heterocycles. The largest absolute Gasteiger partial charge is 0.467 e. The van der Waals surface area contributed by atoms with E-state index in [9.17, 15) is 19.2 Å². The van der Waals surface area contributed by atoms with Crippen LogP contribution in [-0.4, -0.2) is 67.7 Å². The fraction of sp³-hybridized carbons (Fsp3) is 0.750. The lowest BCUT2D eigenvalue weighted by molar-refractivity contribution is -0.143. The summed E-state index contributed by atoms with van der Waals surface area (Å²) >= 11 is 0. The van der Waals surface area contributed by atoms with Gasteiger partial charge in [0.2, 0.25) is 11.8 Å². The Hall–Kier alpha value is -2.32. The Labute approximate surface area is 148 Å².